The predicted molar refractivity (Wildman–Crippen MR) is 91.1 cm³/mol. The third kappa shape index (κ3) is 3.15. The summed E-state index contributed by atoms with van der Waals surface area (Å²) in [6.07, 6.45) is 0. The molecule has 0 unspecified atom stereocenters. The van der Waals surface area contributed by atoms with Gasteiger partial charge in [0.05, 0.1) is 6.54 Å². The third-order valence-corrected chi connectivity index (χ3v) is 4.98. The smallest absolute Gasteiger partial charge is 0.255 e. The van der Waals surface area contributed by atoms with Crippen LogP contribution in [0.1, 0.15) is 34.6 Å². The Balaban J connectivity index is 1.75. The van der Waals surface area contributed by atoms with E-state index in [1.54, 1.807) is 16.2 Å². The first kappa shape index (κ1) is 15.7. The quantitative estimate of drug-likeness (QED) is 0.917. The minimum absolute atomic E-state index is 0.0504. The summed E-state index contributed by atoms with van der Waals surface area (Å²) in [6.45, 7) is 4.97. The molecule has 1 aromatic heterocycles. The molecule has 0 radical (unpaired) electrons. The van der Waals surface area contributed by atoms with Gasteiger partial charge in [0.15, 0.2) is 0 Å². The summed E-state index contributed by atoms with van der Waals surface area (Å²) >= 11 is 1.61. The van der Waals surface area contributed by atoms with Crippen molar-refractivity contribution in [1.82, 2.24) is 10.2 Å². The molecule has 1 aliphatic rings. The van der Waals surface area contributed by atoms with E-state index in [9.17, 15) is 9.59 Å². The first-order chi connectivity index (χ1) is 11.1. The lowest BCUT2D eigenvalue weighted by Crippen LogP contribution is -2.49. The van der Waals surface area contributed by atoms with E-state index >= 15 is 0 Å². The second kappa shape index (κ2) is 6.54. The van der Waals surface area contributed by atoms with Crippen molar-refractivity contribution in [1.29, 1.82) is 0 Å². The molecule has 0 aliphatic carbocycles. The van der Waals surface area contributed by atoms with Gasteiger partial charge in [0, 0.05) is 17.0 Å². The van der Waals surface area contributed by atoms with Crippen LogP contribution in [0.5, 0.6) is 0 Å². The molecule has 4 nitrogen and oxygen atoms in total. The molecule has 0 saturated heterocycles. The zero-order valence-electron chi connectivity index (χ0n) is 13.3. The summed E-state index contributed by atoms with van der Waals surface area (Å²) in [4.78, 5) is 28.1. The highest BCUT2D eigenvalue weighted by Crippen LogP contribution is 2.27. The lowest BCUT2D eigenvalue weighted by molar-refractivity contribution is -0.127. The number of fused-ring (bicyclic) bond motifs is 1. The topological polar surface area (TPSA) is 49.4 Å². The monoisotopic (exact) mass is 328 g/mol. The molecule has 5 heteroatoms. The van der Waals surface area contributed by atoms with Gasteiger partial charge in [-0.15, -0.1) is 11.3 Å². The first-order valence-corrected chi connectivity index (χ1v) is 8.65. The Kier molecular flexibility index (Phi) is 4.48. The van der Waals surface area contributed by atoms with Crippen LogP contribution in [0.2, 0.25) is 0 Å². The molecule has 0 bridgehead atoms. The Morgan fingerprint density at radius 3 is 2.70 bits per heavy atom. The molecule has 0 spiro atoms. The van der Waals surface area contributed by atoms with Crippen molar-refractivity contribution in [2.75, 3.05) is 0 Å². The Morgan fingerprint density at radius 1 is 1.26 bits per heavy atom. The lowest BCUT2D eigenvalue weighted by atomic mass is 10.0. The van der Waals surface area contributed by atoms with Crippen molar-refractivity contribution in [3.63, 3.8) is 0 Å². The van der Waals surface area contributed by atoms with Gasteiger partial charge in [-0.3, -0.25) is 9.59 Å². The molecule has 1 N–H and O–H groups in total. The summed E-state index contributed by atoms with van der Waals surface area (Å²) in [7, 11) is 0. The summed E-state index contributed by atoms with van der Waals surface area (Å²) < 4.78 is 0. The van der Waals surface area contributed by atoms with E-state index in [2.05, 4.69) is 5.32 Å². The van der Waals surface area contributed by atoms with E-state index in [-0.39, 0.29) is 17.7 Å². The zero-order valence-corrected chi connectivity index (χ0v) is 14.1. The van der Waals surface area contributed by atoms with Crippen molar-refractivity contribution in [3.05, 3.63) is 57.8 Å². The van der Waals surface area contributed by atoms with Crippen molar-refractivity contribution >= 4 is 23.2 Å². The number of carbonyl (C=O) groups excluding carboxylic acids is 2. The molecule has 2 amide bonds. The van der Waals surface area contributed by atoms with Crippen LogP contribution in [-0.2, 0) is 17.9 Å². The van der Waals surface area contributed by atoms with Crippen molar-refractivity contribution in [3.8, 4) is 0 Å². The van der Waals surface area contributed by atoms with Crippen LogP contribution in [0.3, 0.4) is 0 Å². The maximum atomic E-state index is 12.7. The van der Waals surface area contributed by atoms with Crippen LogP contribution in [0, 0.1) is 5.92 Å². The van der Waals surface area contributed by atoms with Crippen molar-refractivity contribution in [2.24, 2.45) is 5.92 Å². The average Bonchev–Trinajstić information content (AvgIpc) is 3.15. The molecule has 120 valence electrons. The second-order valence-electron chi connectivity index (χ2n) is 6.08. The summed E-state index contributed by atoms with van der Waals surface area (Å²) in [5, 5.41) is 4.96. The molecule has 0 saturated carbocycles. The van der Waals surface area contributed by atoms with Crippen LogP contribution < -0.4 is 5.32 Å². The van der Waals surface area contributed by atoms with Crippen LogP contribution in [-0.4, -0.2) is 22.8 Å². The second-order valence-corrected chi connectivity index (χ2v) is 7.11. The van der Waals surface area contributed by atoms with Crippen LogP contribution in [0.4, 0.5) is 0 Å². The Bertz CT molecular complexity index is 710. The molecule has 2 aromatic rings. The molecule has 1 aliphatic heterocycles. The number of hydrogen-bond donors (Lipinski definition) is 1. The maximum Gasteiger partial charge on any atom is 0.255 e. The highest BCUT2D eigenvalue weighted by atomic mass is 32.1. The highest BCUT2D eigenvalue weighted by Gasteiger charge is 2.37. The predicted octanol–water partition coefficient (Wildman–Crippen LogP) is 3.04. The van der Waals surface area contributed by atoms with Gasteiger partial charge >= 0.3 is 0 Å². The zero-order chi connectivity index (χ0) is 16.4. The highest BCUT2D eigenvalue weighted by molar-refractivity contribution is 7.09. The number of carbonyl (C=O) groups is 2. The summed E-state index contributed by atoms with van der Waals surface area (Å²) in [6, 6.07) is 11.1. The number of benzene rings is 1. The van der Waals surface area contributed by atoms with E-state index in [0.29, 0.717) is 18.7 Å². The number of hydrogen-bond acceptors (Lipinski definition) is 3. The fourth-order valence-electron chi connectivity index (χ4n) is 3.00. The van der Waals surface area contributed by atoms with E-state index in [1.807, 2.05) is 55.6 Å². The maximum absolute atomic E-state index is 12.7. The van der Waals surface area contributed by atoms with E-state index in [4.69, 9.17) is 0 Å². The van der Waals surface area contributed by atoms with Gasteiger partial charge in [-0.05, 0) is 29.0 Å². The third-order valence-electron chi connectivity index (χ3n) is 4.10. The van der Waals surface area contributed by atoms with E-state index in [0.717, 1.165) is 10.4 Å². The molecule has 3 rings (SSSR count). The number of nitrogens with zero attached hydrogens (tertiary/aromatic N) is 1. The molecule has 23 heavy (non-hydrogen) atoms. The number of thiophene rings is 1. The number of amides is 2. The van der Waals surface area contributed by atoms with E-state index < -0.39 is 6.04 Å². The fourth-order valence-corrected chi connectivity index (χ4v) is 3.64. The minimum Gasteiger partial charge on any atom is -0.349 e. The molecule has 1 aromatic carbocycles. The normalized spacial score (nSPS) is 14.9. The van der Waals surface area contributed by atoms with Gasteiger partial charge in [-0.2, -0.15) is 0 Å². The standard InChI is InChI=1S/C18H20N2O2S/c1-12(2)16(17(21)19-10-14-7-5-9-23-14)20-11-13-6-3-4-8-15(13)18(20)22/h3-9,12,16H,10-11H2,1-2H3,(H,19,21)/t16-/m0/s1. The van der Waals surface area contributed by atoms with Crippen LogP contribution >= 0.6 is 11.3 Å². The molecule has 2 heterocycles. The van der Waals surface area contributed by atoms with Crippen LogP contribution in [0.25, 0.3) is 0 Å². The fraction of sp³-hybridized carbons (Fsp3) is 0.333. The summed E-state index contributed by atoms with van der Waals surface area (Å²) in [5.74, 6) is -0.0864. The van der Waals surface area contributed by atoms with Gasteiger partial charge in [0.2, 0.25) is 5.91 Å². The molecule has 0 fully saturated rings. The largest absolute Gasteiger partial charge is 0.349 e. The Labute approximate surface area is 140 Å². The van der Waals surface area contributed by atoms with Gasteiger partial charge in [0.1, 0.15) is 6.04 Å². The van der Waals surface area contributed by atoms with Crippen LogP contribution in [0.15, 0.2) is 41.8 Å². The van der Waals surface area contributed by atoms with Crippen molar-refractivity contribution < 1.29 is 9.59 Å². The SMILES string of the molecule is CC(C)[C@@H](C(=O)NCc1cccs1)N1Cc2ccccc2C1=O. The van der Waals surface area contributed by atoms with Gasteiger partial charge in [-0.1, -0.05) is 38.1 Å². The summed E-state index contributed by atoms with van der Waals surface area (Å²) in [5.41, 5.74) is 1.71. The Morgan fingerprint density at radius 2 is 2.04 bits per heavy atom. The van der Waals surface area contributed by atoms with Gasteiger partial charge in [-0.25, -0.2) is 0 Å². The number of nitrogens with one attached hydrogen (secondary N) is 1. The molecule has 1 atom stereocenters. The lowest BCUT2D eigenvalue weighted by Gasteiger charge is -2.29. The molecular weight excluding hydrogens is 308 g/mol. The Hall–Kier alpha value is -2.14. The first-order valence-electron chi connectivity index (χ1n) is 7.77. The van der Waals surface area contributed by atoms with Crippen molar-refractivity contribution in [2.45, 2.75) is 33.0 Å². The van der Waals surface area contributed by atoms with Gasteiger partial charge < -0.3 is 10.2 Å². The minimum atomic E-state index is -0.449. The van der Waals surface area contributed by atoms with E-state index in [1.165, 1.54) is 0 Å². The number of rotatable bonds is 5. The molecular formula is C18H20N2O2S. The average molecular weight is 328 g/mol. The van der Waals surface area contributed by atoms with Gasteiger partial charge in [0.25, 0.3) is 5.91 Å².